The van der Waals surface area contributed by atoms with Crippen LogP contribution < -0.4 is 5.32 Å². The summed E-state index contributed by atoms with van der Waals surface area (Å²) in [4.78, 5) is 23.1. The number of carbonyl (C=O) groups is 2. The minimum Gasteiger partial charge on any atom is -0.508 e. The van der Waals surface area contributed by atoms with Gasteiger partial charge in [-0.1, -0.05) is 28.9 Å². The Morgan fingerprint density at radius 3 is 2.60 bits per heavy atom. The molecule has 30 heavy (non-hydrogen) atoms. The SMILES string of the molecule is C[C@H](CC/C=C/C(=O)O)[C@@H](OC(=O)Nc1ccc(C#N)cc1)c1cc(Br)ccc1O. The minimum absolute atomic E-state index is 0.0118. The van der Waals surface area contributed by atoms with E-state index in [4.69, 9.17) is 15.1 Å². The molecule has 7 nitrogen and oxygen atoms in total. The van der Waals surface area contributed by atoms with Gasteiger partial charge in [0.25, 0.3) is 0 Å². The monoisotopic (exact) mass is 472 g/mol. The number of phenolic OH excluding ortho intramolecular Hbond substituents is 1. The molecule has 2 aromatic carbocycles. The lowest BCUT2D eigenvalue weighted by Crippen LogP contribution is -2.22. The molecule has 0 fully saturated rings. The fraction of sp³-hybridized carbons (Fsp3) is 0.227. The zero-order valence-electron chi connectivity index (χ0n) is 16.2. The molecule has 8 heteroatoms. The zero-order chi connectivity index (χ0) is 22.1. The molecule has 0 aliphatic carbocycles. The highest BCUT2D eigenvalue weighted by Crippen LogP contribution is 2.36. The third-order valence-corrected chi connectivity index (χ3v) is 4.85. The smallest absolute Gasteiger partial charge is 0.412 e. The average molecular weight is 473 g/mol. The second-order valence-electron chi connectivity index (χ2n) is 6.64. The van der Waals surface area contributed by atoms with Crippen molar-refractivity contribution < 1.29 is 24.5 Å². The van der Waals surface area contributed by atoms with Gasteiger partial charge in [-0.05, 0) is 61.2 Å². The minimum atomic E-state index is -1.03. The number of carbonyl (C=O) groups excluding carboxylic acids is 1. The van der Waals surface area contributed by atoms with Crippen LogP contribution in [0.4, 0.5) is 10.5 Å². The first kappa shape index (κ1) is 23.0. The number of nitrogens with one attached hydrogen (secondary N) is 1. The lowest BCUT2D eigenvalue weighted by Gasteiger charge is -2.25. The Balaban J connectivity index is 2.17. The topological polar surface area (TPSA) is 120 Å². The van der Waals surface area contributed by atoms with Gasteiger partial charge in [-0.2, -0.15) is 5.26 Å². The first-order valence-corrected chi connectivity index (χ1v) is 9.95. The Kier molecular flexibility index (Phi) is 8.44. The van der Waals surface area contributed by atoms with Crippen LogP contribution in [0.15, 0.2) is 59.1 Å². The number of phenols is 1. The van der Waals surface area contributed by atoms with Crippen molar-refractivity contribution in [2.75, 3.05) is 5.32 Å². The number of hydrogen-bond donors (Lipinski definition) is 3. The fourth-order valence-electron chi connectivity index (χ4n) is 2.82. The number of halogens is 1. The highest BCUT2D eigenvalue weighted by molar-refractivity contribution is 9.10. The van der Waals surface area contributed by atoms with Gasteiger partial charge >= 0.3 is 12.1 Å². The van der Waals surface area contributed by atoms with Crippen molar-refractivity contribution in [3.05, 3.63) is 70.2 Å². The van der Waals surface area contributed by atoms with Crippen LogP contribution in [-0.4, -0.2) is 22.3 Å². The number of nitrogens with zero attached hydrogens (tertiary/aromatic N) is 1. The third kappa shape index (κ3) is 6.94. The van der Waals surface area contributed by atoms with E-state index < -0.39 is 18.2 Å². The highest BCUT2D eigenvalue weighted by atomic mass is 79.9. The molecule has 156 valence electrons. The maximum absolute atomic E-state index is 12.5. The Bertz CT molecular complexity index is 966. The number of aliphatic carboxylic acids is 1. The number of aromatic hydroxyl groups is 1. The van der Waals surface area contributed by atoms with Gasteiger partial charge in [0.1, 0.15) is 11.9 Å². The van der Waals surface area contributed by atoms with Crippen LogP contribution in [0.25, 0.3) is 0 Å². The van der Waals surface area contributed by atoms with E-state index in [1.54, 1.807) is 36.4 Å². The van der Waals surface area contributed by atoms with E-state index in [0.717, 1.165) is 10.5 Å². The summed E-state index contributed by atoms with van der Waals surface area (Å²) in [6.45, 7) is 1.86. The molecule has 0 aromatic heterocycles. The maximum Gasteiger partial charge on any atom is 0.412 e. The molecular formula is C22H21BrN2O5. The molecule has 2 aromatic rings. The number of amides is 1. The van der Waals surface area contributed by atoms with E-state index >= 15 is 0 Å². The summed E-state index contributed by atoms with van der Waals surface area (Å²) in [6.07, 6.45) is 2.13. The fourth-order valence-corrected chi connectivity index (χ4v) is 3.20. The van der Waals surface area contributed by atoms with Gasteiger partial charge in [0.2, 0.25) is 0 Å². The average Bonchev–Trinajstić information content (AvgIpc) is 2.71. The van der Waals surface area contributed by atoms with Crippen LogP contribution in [0.1, 0.15) is 37.0 Å². The molecular weight excluding hydrogens is 452 g/mol. The molecule has 0 bridgehead atoms. The predicted molar refractivity (Wildman–Crippen MR) is 115 cm³/mol. The van der Waals surface area contributed by atoms with E-state index in [0.29, 0.717) is 29.7 Å². The summed E-state index contributed by atoms with van der Waals surface area (Å²) >= 11 is 3.36. The lowest BCUT2D eigenvalue weighted by atomic mass is 9.92. The molecule has 0 unspecified atom stereocenters. The second-order valence-corrected chi connectivity index (χ2v) is 7.55. The third-order valence-electron chi connectivity index (χ3n) is 4.36. The van der Waals surface area contributed by atoms with Gasteiger partial charge in [0.15, 0.2) is 0 Å². The molecule has 0 spiro atoms. The molecule has 0 aliphatic rings. The van der Waals surface area contributed by atoms with Crippen LogP contribution in [0.3, 0.4) is 0 Å². The van der Waals surface area contributed by atoms with Crippen molar-refractivity contribution in [3.63, 3.8) is 0 Å². The van der Waals surface area contributed by atoms with Crippen LogP contribution in [0.5, 0.6) is 5.75 Å². The van der Waals surface area contributed by atoms with Gasteiger partial charge in [0.05, 0.1) is 11.6 Å². The Hall–Kier alpha value is -3.31. The summed E-state index contributed by atoms with van der Waals surface area (Å²) < 4.78 is 6.35. The number of ether oxygens (including phenoxy) is 1. The largest absolute Gasteiger partial charge is 0.508 e. The van der Waals surface area contributed by atoms with Crippen molar-refractivity contribution >= 4 is 33.7 Å². The number of hydrogen-bond acceptors (Lipinski definition) is 5. The van der Waals surface area contributed by atoms with Crippen molar-refractivity contribution in [1.82, 2.24) is 0 Å². The molecule has 0 saturated heterocycles. The zero-order valence-corrected chi connectivity index (χ0v) is 17.8. The second kappa shape index (κ2) is 11.0. The highest BCUT2D eigenvalue weighted by Gasteiger charge is 2.26. The van der Waals surface area contributed by atoms with Gasteiger partial charge < -0.3 is 14.9 Å². The first-order valence-electron chi connectivity index (χ1n) is 9.16. The van der Waals surface area contributed by atoms with Gasteiger partial charge in [-0.25, -0.2) is 9.59 Å². The maximum atomic E-state index is 12.5. The standard InChI is InChI=1S/C22H21BrN2O5/c1-14(4-2-3-5-20(27)28)21(18-12-16(23)8-11-19(18)26)30-22(29)25-17-9-6-15(13-24)7-10-17/h3,5-12,14,21,26H,2,4H2,1H3,(H,25,29)(H,27,28)/b5-3+/t14-,21-/m1/s1. The summed E-state index contributed by atoms with van der Waals surface area (Å²) in [6, 6.07) is 13.2. The molecule has 0 aliphatic heterocycles. The van der Waals surface area contributed by atoms with E-state index in [1.165, 1.54) is 12.1 Å². The first-order chi connectivity index (χ1) is 14.3. The molecule has 2 rings (SSSR count). The molecule has 2 atom stereocenters. The molecule has 0 heterocycles. The summed E-state index contributed by atoms with van der Waals surface area (Å²) in [5.74, 6) is -1.25. The molecule has 0 saturated carbocycles. The van der Waals surface area contributed by atoms with Crippen molar-refractivity contribution in [3.8, 4) is 11.8 Å². The lowest BCUT2D eigenvalue weighted by molar-refractivity contribution is -0.131. The van der Waals surface area contributed by atoms with Gasteiger partial charge in [-0.15, -0.1) is 0 Å². The number of anilines is 1. The Morgan fingerprint density at radius 2 is 1.97 bits per heavy atom. The number of carboxylic acids is 1. The van der Waals surface area contributed by atoms with Crippen LogP contribution in [0.2, 0.25) is 0 Å². The van der Waals surface area contributed by atoms with E-state index in [-0.39, 0.29) is 11.7 Å². The summed E-state index contributed by atoms with van der Waals surface area (Å²) in [5.41, 5.74) is 1.37. The van der Waals surface area contributed by atoms with Crippen molar-refractivity contribution in [2.24, 2.45) is 5.92 Å². The Morgan fingerprint density at radius 1 is 1.27 bits per heavy atom. The molecule has 1 amide bonds. The summed E-state index contributed by atoms with van der Waals surface area (Å²) in [7, 11) is 0. The van der Waals surface area contributed by atoms with Crippen molar-refractivity contribution in [2.45, 2.75) is 25.9 Å². The van der Waals surface area contributed by atoms with Crippen molar-refractivity contribution in [1.29, 1.82) is 5.26 Å². The number of rotatable bonds is 8. The number of carboxylic acid groups (broad SMARTS) is 1. The summed E-state index contributed by atoms with van der Waals surface area (Å²) in [5, 5.41) is 30.5. The number of allylic oxidation sites excluding steroid dienone is 1. The quantitative estimate of drug-likeness (QED) is 0.444. The van der Waals surface area contributed by atoms with Gasteiger partial charge in [0, 0.05) is 21.8 Å². The molecule has 0 radical (unpaired) electrons. The Labute approximate surface area is 182 Å². The van der Waals surface area contributed by atoms with Crippen LogP contribution >= 0.6 is 15.9 Å². The van der Waals surface area contributed by atoms with E-state index in [2.05, 4.69) is 21.2 Å². The normalized spacial score (nSPS) is 12.7. The number of benzene rings is 2. The number of nitriles is 1. The van der Waals surface area contributed by atoms with Gasteiger partial charge in [-0.3, -0.25) is 5.32 Å². The van der Waals surface area contributed by atoms with Crippen LogP contribution in [-0.2, 0) is 9.53 Å². The van der Waals surface area contributed by atoms with Crippen LogP contribution in [0, 0.1) is 17.2 Å². The van der Waals surface area contributed by atoms with E-state index in [9.17, 15) is 14.7 Å². The van der Waals surface area contributed by atoms with E-state index in [1.807, 2.05) is 13.0 Å². The molecule has 3 N–H and O–H groups in total. The predicted octanol–water partition coefficient (Wildman–Crippen LogP) is 5.37.